The lowest BCUT2D eigenvalue weighted by atomic mass is 10.1. The minimum Gasteiger partial charge on any atom is -0.295 e. The van der Waals surface area contributed by atoms with Crippen LogP contribution >= 0.6 is 0 Å². The molecule has 3 aromatic rings. The molecule has 24 heavy (non-hydrogen) atoms. The fraction of sp³-hybridized carbons (Fsp3) is 0.375. The average Bonchev–Trinajstić information content (AvgIpc) is 3.08. The number of anilines is 1. The van der Waals surface area contributed by atoms with Gasteiger partial charge in [0.1, 0.15) is 17.5 Å². The van der Waals surface area contributed by atoms with E-state index in [2.05, 4.69) is 37.4 Å². The van der Waals surface area contributed by atoms with Gasteiger partial charge in [-0.3, -0.25) is 15.2 Å². The predicted octanol–water partition coefficient (Wildman–Crippen LogP) is 2.50. The van der Waals surface area contributed by atoms with Gasteiger partial charge in [-0.05, 0) is 25.0 Å². The molecule has 0 fully saturated rings. The molecule has 8 heteroatoms. The van der Waals surface area contributed by atoms with Crippen molar-refractivity contribution in [3.63, 3.8) is 0 Å². The molecule has 3 aromatic heterocycles. The number of aromatic nitrogens is 6. The molecule has 3 rings (SSSR count). The normalized spacial score (nSPS) is 10.9. The van der Waals surface area contributed by atoms with Gasteiger partial charge in [0.2, 0.25) is 17.7 Å². The van der Waals surface area contributed by atoms with Crippen LogP contribution in [0.25, 0.3) is 22.6 Å². The number of nitrogens with one attached hydrogen (secondary N) is 2. The highest BCUT2D eigenvalue weighted by molar-refractivity contribution is 5.91. The van der Waals surface area contributed by atoms with E-state index in [0.29, 0.717) is 22.6 Å². The van der Waals surface area contributed by atoms with Gasteiger partial charge < -0.3 is 0 Å². The quantitative estimate of drug-likeness (QED) is 0.674. The Labute approximate surface area is 139 Å². The number of fused-ring (bicyclic) bond motifs is 1. The second-order valence-corrected chi connectivity index (χ2v) is 5.53. The van der Waals surface area contributed by atoms with E-state index >= 15 is 0 Å². The van der Waals surface area contributed by atoms with E-state index in [1.165, 1.54) is 26.1 Å². The summed E-state index contributed by atoms with van der Waals surface area (Å²) in [4.78, 5) is 28.9. The van der Waals surface area contributed by atoms with Gasteiger partial charge >= 0.3 is 0 Å². The molecule has 0 aliphatic heterocycles. The van der Waals surface area contributed by atoms with Crippen LogP contribution in [-0.4, -0.2) is 36.0 Å². The van der Waals surface area contributed by atoms with Gasteiger partial charge in [0.15, 0.2) is 0 Å². The van der Waals surface area contributed by atoms with Crippen LogP contribution in [0.5, 0.6) is 0 Å². The van der Waals surface area contributed by atoms with Crippen molar-refractivity contribution < 1.29 is 4.79 Å². The van der Waals surface area contributed by atoms with E-state index in [-0.39, 0.29) is 11.9 Å². The molecule has 0 aliphatic rings. The van der Waals surface area contributed by atoms with Crippen molar-refractivity contribution in [1.29, 1.82) is 0 Å². The monoisotopic (exact) mass is 325 g/mol. The number of nitrogens with zero attached hydrogens (tertiary/aromatic N) is 5. The number of hydrogen-bond acceptors (Lipinski definition) is 6. The van der Waals surface area contributed by atoms with Crippen molar-refractivity contribution in [1.82, 2.24) is 30.1 Å². The first-order valence-electron chi connectivity index (χ1n) is 7.98. The van der Waals surface area contributed by atoms with Gasteiger partial charge in [-0.15, -0.1) is 0 Å². The van der Waals surface area contributed by atoms with E-state index < -0.39 is 0 Å². The maximum atomic E-state index is 11.3. The molecule has 0 atom stereocenters. The van der Waals surface area contributed by atoms with Crippen LogP contribution in [0, 0.1) is 0 Å². The zero-order chi connectivity index (χ0) is 16.9. The van der Waals surface area contributed by atoms with Gasteiger partial charge in [0.25, 0.3) is 0 Å². The molecule has 0 aromatic carbocycles. The van der Waals surface area contributed by atoms with Crippen molar-refractivity contribution in [3.8, 4) is 11.5 Å². The fourth-order valence-corrected chi connectivity index (χ4v) is 2.44. The SMILES string of the molecule is CCCCCc1ccc2nc(NC(C)=O)nc(-c3nc[nH]n3)c2n1. The van der Waals surface area contributed by atoms with Crippen LogP contribution in [-0.2, 0) is 11.2 Å². The second-order valence-electron chi connectivity index (χ2n) is 5.53. The van der Waals surface area contributed by atoms with Crippen molar-refractivity contribution in [2.45, 2.75) is 39.5 Å². The molecular weight excluding hydrogens is 306 g/mol. The smallest absolute Gasteiger partial charge is 0.230 e. The van der Waals surface area contributed by atoms with Gasteiger partial charge in [0, 0.05) is 12.6 Å². The highest BCUT2D eigenvalue weighted by Gasteiger charge is 2.15. The van der Waals surface area contributed by atoms with Gasteiger partial charge in [-0.25, -0.2) is 19.9 Å². The Morgan fingerprint density at radius 2 is 2.08 bits per heavy atom. The highest BCUT2D eigenvalue weighted by atomic mass is 16.1. The number of aromatic amines is 1. The Bertz CT molecular complexity index is 845. The fourth-order valence-electron chi connectivity index (χ4n) is 2.44. The summed E-state index contributed by atoms with van der Waals surface area (Å²) in [5.41, 5.74) is 2.77. The van der Waals surface area contributed by atoms with Crippen LogP contribution < -0.4 is 5.32 Å². The lowest BCUT2D eigenvalue weighted by molar-refractivity contribution is -0.114. The largest absolute Gasteiger partial charge is 0.295 e. The summed E-state index contributed by atoms with van der Waals surface area (Å²) in [5.74, 6) is 0.405. The minimum absolute atomic E-state index is 0.218. The number of amides is 1. The van der Waals surface area contributed by atoms with Gasteiger partial charge in [0.05, 0.1) is 5.52 Å². The Morgan fingerprint density at radius 3 is 2.79 bits per heavy atom. The first kappa shape index (κ1) is 16.0. The molecule has 0 radical (unpaired) electrons. The predicted molar refractivity (Wildman–Crippen MR) is 90.2 cm³/mol. The Balaban J connectivity index is 2.07. The van der Waals surface area contributed by atoms with E-state index in [1.54, 1.807) is 0 Å². The standard InChI is InChI=1S/C16H19N7O/c1-3-4-5-6-11-7-8-12-13(20-11)14(15-17-9-18-23-15)22-16(21-12)19-10(2)24/h7-9H,3-6H2,1-2H3,(H,17,18,23)(H,19,21,22,24). The lowest BCUT2D eigenvalue weighted by Crippen LogP contribution is -2.10. The molecule has 2 N–H and O–H groups in total. The van der Waals surface area contributed by atoms with Crippen molar-refractivity contribution >= 4 is 22.9 Å². The van der Waals surface area contributed by atoms with Crippen molar-refractivity contribution in [2.75, 3.05) is 5.32 Å². The maximum Gasteiger partial charge on any atom is 0.230 e. The first-order chi connectivity index (χ1) is 11.7. The molecule has 0 bridgehead atoms. The maximum absolute atomic E-state index is 11.3. The van der Waals surface area contributed by atoms with Crippen molar-refractivity contribution in [3.05, 3.63) is 24.2 Å². The molecule has 8 nitrogen and oxygen atoms in total. The molecule has 1 amide bonds. The molecule has 0 saturated carbocycles. The molecule has 0 unspecified atom stereocenters. The number of pyridine rings is 1. The molecule has 0 aliphatic carbocycles. The topological polar surface area (TPSA) is 109 Å². The summed E-state index contributed by atoms with van der Waals surface area (Å²) >= 11 is 0. The van der Waals surface area contributed by atoms with E-state index in [0.717, 1.165) is 18.5 Å². The number of carbonyl (C=O) groups is 1. The van der Waals surface area contributed by atoms with Crippen LogP contribution in [0.3, 0.4) is 0 Å². The minimum atomic E-state index is -0.237. The van der Waals surface area contributed by atoms with Crippen LogP contribution in [0.15, 0.2) is 18.5 Å². The summed E-state index contributed by atoms with van der Waals surface area (Å²) in [6.07, 6.45) is 5.82. The number of aryl methyl sites for hydroxylation is 1. The third-order valence-corrected chi connectivity index (χ3v) is 3.55. The third kappa shape index (κ3) is 3.53. The number of carbonyl (C=O) groups excluding carboxylic acids is 1. The van der Waals surface area contributed by atoms with Crippen molar-refractivity contribution in [2.24, 2.45) is 0 Å². The molecular formula is C16H19N7O. The summed E-state index contributed by atoms with van der Waals surface area (Å²) < 4.78 is 0. The Morgan fingerprint density at radius 1 is 1.21 bits per heavy atom. The first-order valence-corrected chi connectivity index (χ1v) is 7.98. The Hall–Kier alpha value is -2.90. The Kier molecular flexibility index (Phi) is 4.74. The number of H-pyrrole nitrogens is 1. The van der Waals surface area contributed by atoms with Gasteiger partial charge in [-0.1, -0.05) is 19.8 Å². The molecule has 3 heterocycles. The number of rotatable bonds is 6. The molecule has 0 saturated heterocycles. The zero-order valence-electron chi connectivity index (χ0n) is 13.7. The van der Waals surface area contributed by atoms with E-state index in [9.17, 15) is 4.79 Å². The molecule has 124 valence electrons. The third-order valence-electron chi connectivity index (χ3n) is 3.55. The number of hydrogen-bond donors (Lipinski definition) is 2. The van der Waals surface area contributed by atoms with Crippen LogP contribution in [0.2, 0.25) is 0 Å². The summed E-state index contributed by atoms with van der Waals surface area (Å²) in [6, 6.07) is 3.86. The average molecular weight is 325 g/mol. The van der Waals surface area contributed by atoms with Crippen LogP contribution in [0.1, 0.15) is 38.8 Å². The lowest BCUT2D eigenvalue weighted by Gasteiger charge is -2.08. The summed E-state index contributed by atoms with van der Waals surface area (Å²) in [6.45, 7) is 3.58. The second kappa shape index (κ2) is 7.12. The van der Waals surface area contributed by atoms with E-state index in [4.69, 9.17) is 4.98 Å². The summed E-state index contributed by atoms with van der Waals surface area (Å²) in [5, 5.41) is 9.36. The summed E-state index contributed by atoms with van der Waals surface area (Å²) in [7, 11) is 0. The van der Waals surface area contributed by atoms with Gasteiger partial charge in [-0.2, -0.15) is 5.10 Å². The number of unbranched alkanes of at least 4 members (excludes halogenated alkanes) is 2. The molecule has 0 spiro atoms. The zero-order valence-corrected chi connectivity index (χ0v) is 13.7. The van der Waals surface area contributed by atoms with Crippen LogP contribution in [0.4, 0.5) is 5.95 Å². The van der Waals surface area contributed by atoms with E-state index in [1.807, 2.05) is 12.1 Å². The highest BCUT2D eigenvalue weighted by Crippen LogP contribution is 2.23.